The zero-order valence-electron chi connectivity index (χ0n) is 17.6. The molecule has 1 saturated heterocycles. The van der Waals surface area contributed by atoms with E-state index in [1.807, 2.05) is 0 Å². The first-order valence-corrected chi connectivity index (χ1v) is 10.4. The topological polar surface area (TPSA) is 70.8 Å². The van der Waals surface area contributed by atoms with Crippen LogP contribution in [0.15, 0.2) is 47.1 Å². The van der Waals surface area contributed by atoms with Gasteiger partial charge in [0.25, 0.3) is 0 Å². The van der Waals surface area contributed by atoms with Crippen LogP contribution in [0.3, 0.4) is 0 Å². The van der Waals surface area contributed by atoms with Crippen molar-refractivity contribution in [2.75, 3.05) is 6.54 Å². The van der Waals surface area contributed by atoms with Crippen LogP contribution in [0, 0.1) is 12.3 Å². The van der Waals surface area contributed by atoms with Gasteiger partial charge in [-0.15, -0.1) is 6.42 Å². The van der Waals surface area contributed by atoms with Crippen molar-refractivity contribution in [3.63, 3.8) is 0 Å². The third-order valence-electron chi connectivity index (χ3n) is 6.02. The highest BCUT2D eigenvalue weighted by Crippen LogP contribution is 2.45. The number of likely N-dealkylation sites (tertiary alicyclic amines) is 1. The average molecular weight is 458 g/mol. The smallest absolute Gasteiger partial charge is 0.416 e. The maximum Gasteiger partial charge on any atom is 0.416 e. The Bertz CT molecular complexity index is 1120. The van der Waals surface area contributed by atoms with E-state index < -0.39 is 41.3 Å². The molecule has 1 aliphatic heterocycles. The van der Waals surface area contributed by atoms with Crippen molar-refractivity contribution >= 4 is 17.7 Å². The molecule has 2 fully saturated rings. The quantitative estimate of drug-likeness (QED) is 0.470. The lowest BCUT2D eigenvalue weighted by molar-refractivity contribution is -0.143. The van der Waals surface area contributed by atoms with Gasteiger partial charge in [-0.3, -0.25) is 19.3 Å². The molecule has 172 valence electrons. The van der Waals surface area contributed by atoms with Gasteiger partial charge in [-0.2, -0.15) is 13.2 Å². The largest absolute Gasteiger partial charge is 0.467 e. The van der Waals surface area contributed by atoms with Gasteiger partial charge < -0.3 is 9.32 Å². The van der Waals surface area contributed by atoms with Crippen LogP contribution in [0.4, 0.5) is 13.2 Å². The first kappa shape index (κ1) is 22.6. The molecule has 2 aliphatic rings. The number of nitrogens with zero attached hydrogens (tertiary/aromatic N) is 2. The van der Waals surface area contributed by atoms with Crippen molar-refractivity contribution in [2.24, 2.45) is 0 Å². The highest BCUT2D eigenvalue weighted by atomic mass is 19.4. The molecule has 1 atom stereocenters. The van der Waals surface area contributed by atoms with Crippen LogP contribution >= 0.6 is 0 Å². The van der Waals surface area contributed by atoms with Crippen molar-refractivity contribution in [2.45, 2.75) is 49.9 Å². The van der Waals surface area contributed by atoms with Crippen LogP contribution < -0.4 is 0 Å². The molecule has 4 rings (SSSR count). The van der Waals surface area contributed by atoms with E-state index in [1.165, 1.54) is 23.3 Å². The Balaban J connectivity index is 1.72. The number of rotatable bonds is 7. The number of carbonyl (C=O) groups excluding carboxylic acids is 3. The van der Waals surface area contributed by atoms with Crippen molar-refractivity contribution in [3.05, 3.63) is 59.5 Å². The fourth-order valence-electron chi connectivity index (χ4n) is 4.23. The van der Waals surface area contributed by atoms with E-state index in [4.69, 9.17) is 10.8 Å². The van der Waals surface area contributed by atoms with Crippen LogP contribution in [0.25, 0.3) is 0 Å². The number of hydrogen-bond donors (Lipinski definition) is 0. The number of imide groups is 1. The summed E-state index contributed by atoms with van der Waals surface area (Å²) in [6.07, 6.45) is 2.63. The molecular weight excluding hydrogens is 437 g/mol. The Morgan fingerprint density at radius 2 is 2.00 bits per heavy atom. The van der Waals surface area contributed by atoms with Gasteiger partial charge in [0.1, 0.15) is 5.76 Å². The van der Waals surface area contributed by atoms with Gasteiger partial charge in [-0.25, -0.2) is 0 Å². The molecule has 33 heavy (non-hydrogen) atoms. The minimum atomic E-state index is -4.64. The molecule has 0 N–H and O–H groups in total. The summed E-state index contributed by atoms with van der Waals surface area (Å²) in [5.41, 5.74) is -2.69. The zero-order valence-corrected chi connectivity index (χ0v) is 17.6. The lowest BCUT2D eigenvalue weighted by atomic mass is 9.75. The summed E-state index contributed by atoms with van der Waals surface area (Å²) in [5.74, 6) is 1.16. The summed E-state index contributed by atoms with van der Waals surface area (Å²) in [4.78, 5) is 42.0. The molecule has 0 bridgehead atoms. The molecule has 2 aromatic rings. The van der Waals surface area contributed by atoms with Gasteiger partial charge in [-0.1, -0.05) is 24.1 Å². The van der Waals surface area contributed by atoms with Gasteiger partial charge in [0.15, 0.2) is 0 Å². The molecule has 1 unspecified atom stereocenters. The predicted molar refractivity (Wildman–Crippen MR) is 110 cm³/mol. The van der Waals surface area contributed by atoms with E-state index in [1.54, 1.807) is 12.1 Å². The molecule has 1 aliphatic carbocycles. The molecule has 0 spiro atoms. The summed E-state index contributed by atoms with van der Waals surface area (Å²) >= 11 is 0. The summed E-state index contributed by atoms with van der Waals surface area (Å²) in [6, 6.07) is 7.32. The molecule has 0 radical (unpaired) electrons. The Hall–Kier alpha value is -3.54. The third-order valence-corrected chi connectivity index (χ3v) is 6.02. The van der Waals surface area contributed by atoms with Gasteiger partial charge in [0, 0.05) is 18.9 Å². The Labute approximate surface area is 188 Å². The SMILES string of the molecule is C#CCN(Cc1ccco1)C(=O)CC1(c2cccc(C(F)(F)F)c2)CC(=O)N(C2CC2)C1=O. The van der Waals surface area contributed by atoms with Crippen LogP contribution in [0.2, 0.25) is 0 Å². The Morgan fingerprint density at radius 1 is 1.24 bits per heavy atom. The Morgan fingerprint density at radius 3 is 2.61 bits per heavy atom. The van der Waals surface area contributed by atoms with E-state index in [2.05, 4.69) is 5.92 Å². The number of terminal acetylenes is 1. The number of furan rings is 1. The predicted octanol–water partition coefficient (Wildman–Crippen LogP) is 3.51. The molecule has 6 nitrogen and oxygen atoms in total. The average Bonchev–Trinajstić information content (AvgIpc) is 3.39. The number of benzene rings is 1. The van der Waals surface area contributed by atoms with Gasteiger partial charge in [0.05, 0.1) is 30.3 Å². The summed E-state index contributed by atoms with van der Waals surface area (Å²) in [7, 11) is 0. The molecule has 1 aromatic heterocycles. The number of halogens is 3. The first-order chi connectivity index (χ1) is 15.7. The van der Waals surface area contributed by atoms with Crippen LogP contribution in [-0.2, 0) is 32.5 Å². The number of alkyl halides is 3. The van der Waals surface area contributed by atoms with Crippen molar-refractivity contribution in [3.8, 4) is 12.3 Å². The summed E-state index contributed by atoms with van der Waals surface area (Å²) in [6.45, 7) is -0.0597. The third kappa shape index (κ3) is 4.38. The van der Waals surface area contributed by atoms with Crippen LogP contribution in [0.5, 0.6) is 0 Å². The molecule has 1 aromatic carbocycles. The highest BCUT2D eigenvalue weighted by Gasteiger charge is 2.57. The standard InChI is InChI=1S/C24H21F3N2O4/c1-2-10-28(15-19-7-4-11-33-19)20(30)13-23(14-21(31)29(22(23)32)18-8-9-18)16-5-3-6-17(12-16)24(25,26)27/h1,3-7,11-12,18H,8-10,13-15H2. The molecular formula is C24H21F3N2O4. The molecule has 9 heteroatoms. The maximum absolute atomic E-state index is 13.5. The fourth-order valence-corrected chi connectivity index (χ4v) is 4.23. The van der Waals surface area contributed by atoms with Crippen molar-refractivity contribution in [1.82, 2.24) is 9.80 Å². The minimum absolute atomic E-state index is 0.00849. The van der Waals surface area contributed by atoms with E-state index in [-0.39, 0.29) is 31.1 Å². The number of hydrogen-bond acceptors (Lipinski definition) is 4. The summed E-state index contributed by atoms with van der Waals surface area (Å²) in [5, 5.41) is 0. The molecule has 2 heterocycles. The van der Waals surface area contributed by atoms with E-state index in [0.717, 1.165) is 17.0 Å². The second-order valence-electron chi connectivity index (χ2n) is 8.35. The zero-order chi connectivity index (χ0) is 23.8. The van der Waals surface area contributed by atoms with E-state index in [9.17, 15) is 27.6 Å². The normalized spacial score (nSPS) is 20.7. The van der Waals surface area contributed by atoms with E-state index >= 15 is 0 Å². The fraction of sp³-hybridized carbons (Fsp3) is 0.375. The minimum Gasteiger partial charge on any atom is -0.467 e. The highest BCUT2D eigenvalue weighted by molar-refractivity contribution is 6.11. The van der Waals surface area contributed by atoms with Crippen molar-refractivity contribution < 1.29 is 32.0 Å². The van der Waals surface area contributed by atoms with Crippen molar-refractivity contribution in [1.29, 1.82) is 0 Å². The maximum atomic E-state index is 13.5. The number of amides is 3. The van der Waals surface area contributed by atoms with Crippen LogP contribution in [0.1, 0.15) is 42.6 Å². The lowest BCUT2D eigenvalue weighted by Crippen LogP contribution is -2.44. The first-order valence-electron chi connectivity index (χ1n) is 10.4. The van der Waals surface area contributed by atoms with Gasteiger partial charge in [0.2, 0.25) is 17.7 Å². The van der Waals surface area contributed by atoms with Gasteiger partial charge in [-0.05, 0) is 36.6 Å². The molecule has 1 saturated carbocycles. The second kappa shape index (κ2) is 8.43. The van der Waals surface area contributed by atoms with Gasteiger partial charge >= 0.3 is 6.18 Å². The Kier molecular flexibility index (Phi) is 5.78. The summed E-state index contributed by atoms with van der Waals surface area (Å²) < 4.78 is 45.5. The molecule has 3 amide bonds. The monoisotopic (exact) mass is 458 g/mol. The number of carbonyl (C=O) groups is 3. The van der Waals surface area contributed by atoms with Crippen LogP contribution in [-0.4, -0.2) is 40.1 Å². The second-order valence-corrected chi connectivity index (χ2v) is 8.35. The lowest BCUT2D eigenvalue weighted by Gasteiger charge is -2.30. The van der Waals surface area contributed by atoms with E-state index in [0.29, 0.717) is 18.6 Å².